The molecule has 0 radical (unpaired) electrons. The van der Waals surface area contributed by atoms with Crippen molar-refractivity contribution in [1.29, 1.82) is 0 Å². The lowest BCUT2D eigenvalue weighted by Crippen LogP contribution is -2.32. The summed E-state index contributed by atoms with van der Waals surface area (Å²) in [7, 11) is 0. The van der Waals surface area contributed by atoms with Crippen LogP contribution in [0.3, 0.4) is 0 Å². The molecular formula is C18H20ClN7O. The highest BCUT2D eigenvalue weighted by atomic mass is 35.5. The molecule has 140 valence electrons. The molecule has 0 aliphatic rings. The zero-order chi connectivity index (χ0) is 19.2. The van der Waals surface area contributed by atoms with Crippen LogP contribution in [0.15, 0.2) is 43.0 Å². The topological polar surface area (TPSA) is 96.8 Å². The van der Waals surface area contributed by atoms with Crippen LogP contribution in [0.1, 0.15) is 11.4 Å². The summed E-state index contributed by atoms with van der Waals surface area (Å²) in [5.41, 5.74) is 1.61. The van der Waals surface area contributed by atoms with Crippen molar-refractivity contribution in [2.45, 2.75) is 13.8 Å². The standard InChI is InChI=1S/C18H20ClN7O/c1-12-3-4-15(14(19)9-12)25-18(27)22-6-5-21-16-10-17(24-11-23-16)26-8-7-20-13(26)2/h3-4,7-11H,5-6H2,1-2H3,(H,21,23,24)(H2,22,25,27). The molecule has 0 aliphatic heterocycles. The Morgan fingerprint density at radius 3 is 2.74 bits per heavy atom. The van der Waals surface area contributed by atoms with Gasteiger partial charge in [-0.25, -0.2) is 19.7 Å². The predicted octanol–water partition coefficient (Wildman–Crippen LogP) is 3.17. The maximum absolute atomic E-state index is 12.0. The van der Waals surface area contributed by atoms with Crippen LogP contribution in [0.25, 0.3) is 5.82 Å². The lowest BCUT2D eigenvalue weighted by atomic mass is 10.2. The van der Waals surface area contributed by atoms with Crippen molar-refractivity contribution < 1.29 is 4.79 Å². The van der Waals surface area contributed by atoms with E-state index in [0.717, 1.165) is 17.2 Å². The van der Waals surface area contributed by atoms with Crippen LogP contribution < -0.4 is 16.0 Å². The molecule has 2 heterocycles. The summed E-state index contributed by atoms with van der Waals surface area (Å²) in [4.78, 5) is 24.6. The molecule has 2 aromatic heterocycles. The Bertz CT molecular complexity index is 941. The van der Waals surface area contributed by atoms with Crippen molar-refractivity contribution in [2.75, 3.05) is 23.7 Å². The molecule has 0 saturated carbocycles. The number of benzene rings is 1. The molecule has 1 aromatic carbocycles. The summed E-state index contributed by atoms with van der Waals surface area (Å²) in [5, 5.41) is 9.15. The van der Waals surface area contributed by atoms with E-state index >= 15 is 0 Å². The third kappa shape index (κ3) is 4.95. The molecule has 0 fully saturated rings. The van der Waals surface area contributed by atoms with E-state index in [2.05, 4.69) is 30.9 Å². The SMILES string of the molecule is Cc1ccc(NC(=O)NCCNc2cc(-n3ccnc3C)ncn2)c(Cl)c1. The van der Waals surface area contributed by atoms with E-state index in [1.54, 1.807) is 18.3 Å². The Kier molecular flexibility index (Phi) is 5.87. The smallest absolute Gasteiger partial charge is 0.319 e. The Morgan fingerprint density at radius 1 is 1.15 bits per heavy atom. The average molecular weight is 386 g/mol. The maximum Gasteiger partial charge on any atom is 0.319 e. The van der Waals surface area contributed by atoms with E-state index in [4.69, 9.17) is 11.6 Å². The number of rotatable bonds is 6. The van der Waals surface area contributed by atoms with Crippen LogP contribution in [0.5, 0.6) is 0 Å². The first-order valence-electron chi connectivity index (χ1n) is 8.40. The highest BCUT2D eigenvalue weighted by Gasteiger charge is 2.06. The molecule has 3 aromatic rings. The van der Waals surface area contributed by atoms with Gasteiger partial charge in [-0.05, 0) is 31.5 Å². The van der Waals surface area contributed by atoms with Gasteiger partial charge in [-0.2, -0.15) is 0 Å². The second-order valence-electron chi connectivity index (χ2n) is 5.90. The van der Waals surface area contributed by atoms with Gasteiger partial charge in [0.1, 0.15) is 23.8 Å². The van der Waals surface area contributed by atoms with Crippen LogP contribution in [0, 0.1) is 13.8 Å². The van der Waals surface area contributed by atoms with Crippen LogP contribution in [0.4, 0.5) is 16.3 Å². The van der Waals surface area contributed by atoms with Gasteiger partial charge in [-0.15, -0.1) is 0 Å². The molecule has 8 nitrogen and oxygen atoms in total. The zero-order valence-electron chi connectivity index (χ0n) is 15.0. The highest BCUT2D eigenvalue weighted by molar-refractivity contribution is 6.33. The Morgan fingerprint density at radius 2 is 2.00 bits per heavy atom. The number of imidazole rings is 1. The molecule has 2 amide bonds. The van der Waals surface area contributed by atoms with E-state index in [-0.39, 0.29) is 6.03 Å². The van der Waals surface area contributed by atoms with E-state index < -0.39 is 0 Å². The molecule has 27 heavy (non-hydrogen) atoms. The summed E-state index contributed by atoms with van der Waals surface area (Å²) >= 11 is 6.11. The van der Waals surface area contributed by atoms with E-state index in [9.17, 15) is 4.79 Å². The maximum atomic E-state index is 12.0. The van der Waals surface area contributed by atoms with Gasteiger partial charge in [-0.3, -0.25) is 4.57 Å². The number of urea groups is 1. The molecule has 0 spiro atoms. The minimum absolute atomic E-state index is 0.319. The molecular weight excluding hydrogens is 366 g/mol. The van der Waals surface area contributed by atoms with Crippen LogP contribution in [-0.2, 0) is 0 Å². The number of halogens is 1. The number of hydrogen-bond acceptors (Lipinski definition) is 5. The molecule has 9 heteroatoms. The fourth-order valence-corrected chi connectivity index (χ4v) is 2.73. The number of amides is 2. The minimum atomic E-state index is -0.319. The number of aryl methyl sites for hydroxylation is 2. The number of carbonyl (C=O) groups is 1. The second-order valence-corrected chi connectivity index (χ2v) is 6.30. The van der Waals surface area contributed by atoms with Gasteiger partial charge in [-0.1, -0.05) is 17.7 Å². The number of carbonyl (C=O) groups excluding carboxylic acids is 1. The van der Waals surface area contributed by atoms with Crippen LogP contribution in [0.2, 0.25) is 5.02 Å². The summed E-state index contributed by atoms with van der Waals surface area (Å²) in [6, 6.07) is 6.96. The molecule has 0 saturated heterocycles. The molecule has 0 aliphatic carbocycles. The number of anilines is 2. The van der Waals surface area contributed by atoms with Crippen molar-refractivity contribution in [1.82, 2.24) is 24.8 Å². The first kappa shape index (κ1) is 18.7. The first-order valence-corrected chi connectivity index (χ1v) is 8.78. The Labute approximate surface area is 162 Å². The van der Waals surface area contributed by atoms with Gasteiger partial charge in [0.05, 0.1) is 10.7 Å². The average Bonchev–Trinajstić information content (AvgIpc) is 3.07. The van der Waals surface area contributed by atoms with Gasteiger partial charge in [0.2, 0.25) is 0 Å². The van der Waals surface area contributed by atoms with Gasteiger partial charge in [0.25, 0.3) is 0 Å². The van der Waals surface area contributed by atoms with E-state index in [0.29, 0.717) is 29.6 Å². The normalized spacial score (nSPS) is 10.5. The Hall–Kier alpha value is -3.13. The number of aromatic nitrogens is 4. The van der Waals surface area contributed by atoms with Gasteiger partial charge in [0.15, 0.2) is 0 Å². The molecule has 0 unspecified atom stereocenters. The van der Waals surface area contributed by atoms with Gasteiger partial charge in [0, 0.05) is 31.5 Å². The van der Waals surface area contributed by atoms with Crippen LogP contribution in [-0.4, -0.2) is 38.6 Å². The molecule has 0 bridgehead atoms. The lowest BCUT2D eigenvalue weighted by Gasteiger charge is -2.11. The number of nitrogens with one attached hydrogen (secondary N) is 3. The highest BCUT2D eigenvalue weighted by Crippen LogP contribution is 2.22. The third-order valence-electron chi connectivity index (χ3n) is 3.81. The first-order chi connectivity index (χ1) is 13.0. The van der Waals surface area contributed by atoms with E-state index in [1.165, 1.54) is 6.33 Å². The summed E-state index contributed by atoms with van der Waals surface area (Å²) in [6.45, 7) is 4.76. The zero-order valence-corrected chi connectivity index (χ0v) is 15.8. The van der Waals surface area contributed by atoms with E-state index in [1.807, 2.05) is 36.7 Å². The molecule has 3 rings (SSSR count). The fourth-order valence-electron chi connectivity index (χ4n) is 2.45. The number of hydrogen-bond donors (Lipinski definition) is 3. The largest absolute Gasteiger partial charge is 0.368 e. The van der Waals surface area contributed by atoms with Crippen molar-refractivity contribution in [3.63, 3.8) is 0 Å². The van der Waals surface area contributed by atoms with Crippen molar-refractivity contribution in [2.24, 2.45) is 0 Å². The summed E-state index contributed by atoms with van der Waals surface area (Å²) < 4.78 is 1.86. The molecule has 0 atom stereocenters. The molecule has 3 N–H and O–H groups in total. The van der Waals surface area contributed by atoms with Crippen molar-refractivity contribution in [3.05, 3.63) is 59.4 Å². The second kappa shape index (κ2) is 8.50. The third-order valence-corrected chi connectivity index (χ3v) is 4.13. The minimum Gasteiger partial charge on any atom is -0.368 e. The predicted molar refractivity (Wildman–Crippen MR) is 106 cm³/mol. The fraction of sp³-hybridized carbons (Fsp3) is 0.222. The van der Waals surface area contributed by atoms with Gasteiger partial charge < -0.3 is 16.0 Å². The number of nitrogens with zero attached hydrogens (tertiary/aromatic N) is 4. The van der Waals surface area contributed by atoms with Crippen LogP contribution >= 0.6 is 11.6 Å². The van der Waals surface area contributed by atoms with Crippen molar-refractivity contribution in [3.8, 4) is 5.82 Å². The van der Waals surface area contributed by atoms with Crippen molar-refractivity contribution >= 4 is 29.1 Å². The lowest BCUT2D eigenvalue weighted by molar-refractivity contribution is 0.252. The van der Waals surface area contributed by atoms with Gasteiger partial charge >= 0.3 is 6.03 Å². The monoisotopic (exact) mass is 385 g/mol. The Balaban J connectivity index is 1.47. The quantitative estimate of drug-likeness (QED) is 0.566. The summed E-state index contributed by atoms with van der Waals surface area (Å²) in [6.07, 6.45) is 5.04. The summed E-state index contributed by atoms with van der Waals surface area (Å²) in [5.74, 6) is 2.23.